The Hall–Kier alpha value is -0.800. The van der Waals surface area contributed by atoms with Crippen LogP contribution in [0.2, 0.25) is 0 Å². The minimum atomic E-state index is -0.466. The summed E-state index contributed by atoms with van der Waals surface area (Å²) in [5, 5.41) is 0. The van der Waals surface area contributed by atoms with E-state index in [0.29, 0.717) is 0 Å². The van der Waals surface area contributed by atoms with Gasteiger partial charge in [-0.2, -0.15) is 0 Å². The first-order valence-corrected chi connectivity index (χ1v) is 5.76. The second kappa shape index (κ2) is 4.15. The van der Waals surface area contributed by atoms with Crippen molar-refractivity contribution in [2.45, 2.75) is 23.8 Å². The molecule has 2 nitrogen and oxygen atoms in total. The SMILES string of the molecule is NC(C=O)c1ccc2c(c1)CCCS2. The standard InChI is InChI=1S/C11H13NOS/c12-10(7-13)8-3-4-11-9(6-8)2-1-5-14-11/h3-4,6-7,10H,1-2,5,12H2. The van der Waals surface area contributed by atoms with Gasteiger partial charge in [0.15, 0.2) is 0 Å². The summed E-state index contributed by atoms with van der Waals surface area (Å²) in [4.78, 5) is 11.9. The van der Waals surface area contributed by atoms with Crippen molar-refractivity contribution in [3.63, 3.8) is 0 Å². The molecule has 1 aliphatic heterocycles. The van der Waals surface area contributed by atoms with Crippen LogP contribution in [0.4, 0.5) is 0 Å². The van der Waals surface area contributed by atoms with Crippen molar-refractivity contribution in [2.75, 3.05) is 5.75 Å². The number of aldehydes is 1. The molecule has 1 heterocycles. The van der Waals surface area contributed by atoms with Crippen LogP contribution in [-0.2, 0) is 11.2 Å². The molecule has 2 rings (SSSR count). The first-order chi connectivity index (χ1) is 6.81. The van der Waals surface area contributed by atoms with Gasteiger partial charge in [-0.15, -0.1) is 11.8 Å². The van der Waals surface area contributed by atoms with Crippen molar-refractivity contribution in [3.05, 3.63) is 29.3 Å². The molecule has 0 fully saturated rings. The number of hydrogen-bond acceptors (Lipinski definition) is 3. The second-order valence-corrected chi connectivity index (χ2v) is 4.62. The zero-order valence-corrected chi connectivity index (χ0v) is 8.72. The molecule has 0 amide bonds. The number of benzene rings is 1. The number of hydrogen-bond donors (Lipinski definition) is 1. The minimum Gasteiger partial charge on any atom is -0.318 e. The largest absolute Gasteiger partial charge is 0.318 e. The molecule has 74 valence electrons. The summed E-state index contributed by atoms with van der Waals surface area (Å²) in [7, 11) is 0. The van der Waals surface area contributed by atoms with E-state index in [1.165, 1.54) is 22.6 Å². The number of nitrogens with two attached hydrogens (primary N) is 1. The summed E-state index contributed by atoms with van der Waals surface area (Å²) in [5.41, 5.74) is 7.93. The maximum Gasteiger partial charge on any atom is 0.141 e. The highest BCUT2D eigenvalue weighted by Crippen LogP contribution is 2.31. The van der Waals surface area contributed by atoms with Crippen LogP contribution in [0, 0.1) is 0 Å². The highest BCUT2D eigenvalue weighted by atomic mass is 32.2. The lowest BCUT2D eigenvalue weighted by Gasteiger charge is -2.16. The quantitative estimate of drug-likeness (QED) is 0.753. The molecule has 0 aromatic heterocycles. The highest BCUT2D eigenvalue weighted by Gasteiger charge is 2.12. The van der Waals surface area contributed by atoms with Crippen molar-refractivity contribution in [3.8, 4) is 0 Å². The summed E-state index contributed by atoms with van der Waals surface area (Å²) >= 11 is 1.89. The number of thioether (sulfide) groups is 1. The van der Waals surface area contributed by atoms with Crippen LogP contribution >= 0.6 is 11.8 Å². The topological polar surface area (TPSA) is 43.1 Å². The molecular formula is C11H13NOS. The van der Waals surface area contributed by atoms with Gasteiger partial charge < -0.3 is 10.5 Å². The van der Waals surface area contributed by atoms with Gasteiger partial charge in [0.1, 0.15) is 6.29 Å². The molecule has 0 aliphatic carbocycles. The zero-order chi connectivity index (χ0) is 9.97. The van der Waals surface area contributed by atoms with E-state index in [2.05, 4.69) is 12.1 Å². The van der Waals surface area contributed by atoms with E-state index in [4.69, 9.17) is 5.73 Å². The predicted molar refractivity (Wildman–Crippen MR) is 58.5 cm³/mol. The Morgan fingerprint density at radius 3 is 3.14 bits per heavy atom. The average Bonchev–Trinajstić information content (AvgIpc) is 2.27. The Kier molecular flexibility index (Phi) is 2.89. The van der Waals surface area contributed by atoms with E-state index in [-0.39, 0.29) is 0 Å². The molecule has 2 N–H and O–H groups in total. The molecule has 1 aromatic carbocycles. The Bertz CT molecular complexity index is 351. The Balaban J connectivity index is 2.33. The highest BCUT2D eigenvalue weighted by molar-refractivity contribution is 7.99. The molecule has 1 unspecified atom stereocenters. The van der Waals surface area contributed by atoms with E-state index in [9.17, 15) is 4.79 Å². The van der Waals surface area contributed by atoms with Crippen LogP contribution in [0.25, 0.3) is 0 Å². The molecular weight excluding hydrogens is 194 g/mol. The van der Waals surface area contributed by atoms with E-state index in [0.717, 1.165) is 18.3 Å². The van der Waals surface area contributed by atoms with Gasteiger partial charge >= 0.3 is 0 Å². The van der Waals surface area contributed by atoms with Gasteiger partial charge in [-0.3, -0.25) is 0 Å². The van der Waals surface area contributed by atoms with Gasteiger partial charge in [0.05, 0.1) is 6.04 Å². The monoisotopic (exact) mass is 207 g/mol. The Morgan fingerprint density at radius 1 is 1.50 bits per heavy atom. The van der Waals surface area contributed by atoms with Crippen molar-refractivity contribution in [1.29, 1.82) is 0 Å². The maximum absolute atomic E-state index is 10.5. The van der Waals surface area contributed by atoms with Crippen molar-refractivity contribution < 1.29 is 4.79 Å². The zero-order valence-electron chi connectivity index (χ0n) is 7.90. The lowest BCUT2D eigenvalue weighted by molar-refractivity contribution is -0.109. The predicted octanol–water partition coefficient (Wildman–Crippen LogP) is 1.92. The van der Waals surface area contributed by atoms with Crippen LogP contribution < -0.4 is 5.73 Å². The van der Waals surface area contributed by atoms with Gasteiger partial charge in [0.25, 0.3) is 0 Å². The summed E-state index contributed by atoms with van der Waals surface area (Å²) in [6.45, 7) is 0. The normalized spacial score (nSPS) is 17.2. The van der Waals surface area contributed by atoms with Crippen LogP contribution in [0.5, 0.6) is 0 Å². The fourth-order valence-corrected chi connectivity index (χ4v) is 2.69. The molecule has 14 heavy (non-hydrogen) atoms. The van der Waals surface area contributed by atoms with Crippen LogP contribution in [0.3, 0.4) is 0 Å². The fourth-order valence-electron chi connectivity index (χ4n) is 1.67. The molecule has 0 saturated heterocycles. The number of carbonyl (C=O) groups is 1. The van der Waals surface area contributed by atoms with E-state index in [1.54, 1.807) is 0 Å². The summed E-state index contributed by atoms with van der Waals surface area (Å²) in [6.07, 6.45) is 3.12. The third-order valence-electron chi connectivity index (χ3n) is 2.46. The number of fused-ring (bicyclic) bond motifs is 1. The van der Waals surface area contributed by atoms with Crippen LogP contribution in [0.15, 0.2) is 23.1 Å². The lowest BCUT2D eigenvalue weighted by Crippen LogP contribution is -2.12. The lowest BCUT2D eigenvalue weighted by atomic mass is 10.0. The summed E-state index contributed by atoms with van der Waals surface area (Å²) in [5.74, 6) is 1.20. The Labute approximate surface area is 87.9 Å². The molecule has 1 aliphatic rings. The molecule has 0 saturated carbocycles. The minimum absolute atomic E-state index is 0.466. The third kappa shape index (κ3) is 1.83. The average molecular weight is 207 g/mol. The molecule has 3 heteroatoms. The molecule has 0 spiro atoms. The molecule has 1 atom stereocenters. The van der Waals surface area contributed by atoms with Gasteiger partial charge in [0, 0.05) is 4.90 Å². The van der Waals surface area contributed by atoms with Gasteiger partial charge in [-0.25, -0.2) is 0 Å². The first kappa shape index (κ1) is 9.74. The van der Waals surface area contributed by atoms with Gasteiger partial charge in [0.2, 0.25) is 0 Å². The molecule has 1 aromatic rings. The van der Waals surface area contributed by atoms with Crippen molar-refractivity contribution in [2.24, 2.45) is 5.73 Å². The van der Waals surface area contributed by atoms with E-state index >= 15 is 0 Å². The fraction of sp³-hybridized carbons (Fsp3) is 0.364. The number of rotatable bonds is 2. The molecule has 0 radical (unpaired) electrons. The second-order valence-electron chi connectivity index (χ2n) is 3.48. The van der Waals surface area contributed by atoms with Crippen LogP contribution in [-0.4, -0.2) is 12.0 Å². The van der Waals surface area contributed by atoms with Crippen molar-refractivity contribution >= 4 is 18.0 Å². The first-order valence-electron chi connectivity index (χ1n) is 4.78. The van der Waals surface area contributed by atoms with Crippen LogP contribution in [0.1, 0.15) is 23.6 Å². The molecule has 0 bridgehead atoms. The number of carbonyl (C=O) groups excluding carboxylic acids is 1. The Morgan fingerprint density at radius 2 is 2.36 bits per heavy atom. The smallest absolute Gasteiger partial charge is 0.141 e. The van der Waals surface area contributed by atoms with Crippen molar-refractivity contribution in [1.82, 2.24) is 0 Å². The maximum atomic E-state index is 10.5. The third-order valence-corrected chi connectivity index (χ3v) is 3.67. The summed E-state index contributed by atoms with van der Waals surface area (Å²) in [6, 6.07) is 5.64. The van der Waals surface area contributed by atoms with E-state index < -0.39 is 6.04 Å². The van der Waals surface area contributed by atoms with E-state index in [1.807, 2.05) is 17.8 Å². The van der Waals surface area contributed by atoms with Gasteiger partial charge in [-0.05, 0) is 35.8 Å². The summed E-state index contributed by atoms with van der Waals surface area (Å²) < 4.78 is 0. The number of aryl methyl sites for hydroxylation is 1. The van der Waals surface area contributed by atoms with Gasteiger partial charge in [-0.1, -0.05) is 12.1 Å².